The molecule has 0 atom stereocenters. The predicted molar refractivity (Wildman–Crippen MR) is 124 cm³/mol. The maximum absolute atomic E-state index is 9.10. The number of methoxy groups -OCH3 is 1. The van der Waals surface area contributed by atoms with Crippen molar-refractivity contribution in [3.63, 3.8) is 0 Å². The Hall–Kier alpha value is -3.85. The van der Waals surface area contributed by atoms with Crippen LogP contribution in [0.3, 0.4) is 0 Å². The molecule has 0 amide bonds. The summed E-state index contributed by atoms with van der Waals surface area (Å²) in [5.74, 6) is -1.93. The number of nitrogens with one attached hydrogen (secondary N) is 1. The highest BCUT2D eigenvalue weighted by molar-refractivity contribution is 6.27. The van der Waals surface area contributed by atoms with Gasteiger partial charge in [-0.25, -0.2) is 14.6 Å². The third-order valence-electron chi connectivity index (χ3n) is 4.59. The number of carboxylic acid groups (broad SMARTS) is 2. The van der Waals surface area contributed by atoms with Crippen molar-refractivity contribution in [2.45, 2.75) is 26.9 Å². The maximum atomic E-state index is 9.10. The molecule has 0 aliphatic heterocycles. The number of aromatic nitrogens is 2. The number of carbonyl (C=O) groups is 2. The van der Waals surface area contributed by atoms with E-state index in [1.807, 2.05) is 25.3 Å². The monoisotopic (exact) mass is 455 g/mol. The van der Waals surface area contributed by atoms with Gasteiger partial charge in [-0.2, -0.15) is 0 Å². The molecule has 0 saturated heterocycles. The van der Waals surface area contributed by atoms with Gasteiger partial charge in [-0.3, -0.25) is 0 Å². The van der Waals surface area contributed by atoms with Crippen molar-refractivity contribution in [1.82, 2.24) is 9.55 Å². The van der Waals surface area contributed by atoms with E-state index in [2.05, 4.69) is 58.2 Å². The minimum Gasteiger partial charge on any atom is -0.494 e. The Labute approximate surface area is 192 Å². The summed E-state index contributed by atoms with van der Waals surface area (Å²) in [5.41, 5.74) is 4.65. The molecule has 2 aromatic carbocycles. The number of nitrogens with zero attached hydrogens (tertiary/aromatic N) is 2. The van der Waals surface area contributed by atoms with Gasteiger partial charge in [0, 0.05) is 25.8 Å². The van der Waals surface area contributed by atoms with E-state index in [0.717, 1.165) is 36.0 Å². The van der Waals surface area contributed by atoms with Gasteiger partial charge in [-0.15, -0.1) is 0 Å². The molecule has 0 saturated carbocycles. The summed E-state index contributed by atoms with van der Waals surface area (Å²) in [5, 5.41) is 18.2. The van der Waals surface area contributed by atoms with Gasteiger partial charge in [0.25, 0.3) is 0 Å². The molecule has 176 valence electrons. The number of hydrogen-bond acceptors (Lipinski definition) is 6. The van der Waals surface area contributed by atoms with E-state index >= 15 is 0 Å². The van der Waals surface area contributed by atoms with Crippen molar-refractivity contribution >= 4 is 17.9 Å². The zero-order chi connectivity index (χ0) is 24.2. The van der Waals surface area contributed by atoms with E-state index < -0.39 is 11.9 Å². The van der Waals surface area contributed by atoms with Crippen LogP contribution in [0.4, 0.5) is 5.95 Å². The molecule has 1 heterocycles. The van der Waals surface area contributed by atoms with Crippen LogP contribution in [0.5, 0.6) is 5.75 Å². The van der Waals surface area contributed by atoms with Crippen LogP contribution in [0.1, 0.15) is 18.1 Å². The summed E-state index contributed by atoms with van der Waals surface area (Å²) in [4.78, 5) is 22.8. The van der Waals surface area contributed by atoms with Crippen LogP contribution >= 0.6 is 0 Å². The van der Waals surface area contributed by atoms with Crippen LogP contribution in [-0.2, 0) is 27.4 Å². The molecule has 3 aromatic rings. The fraction of sp³-hybridized carbons (Fsp3) is 0.292. The van der Waals surface area contributed by atoms with Crippen LogP contribution in [0.25, 0.3) is 11.3 Å². The van der Waals surface area contributed by atoms with Gasteiger partial charge in [0.1, 0.15) is 5.75 Å². The van der Waals surface area contributed by atoms with Crippen molar-refractivity contribution < 1.29 is 29.3 Å². The number of benzene rings is 2. The van der Waals surface area contributed by atoms with Crippen LogP contribution in [-0.4, -0.2) is 52.0 Å². The zero-order valence-corrected chi connectivity index (χ0v) is 18.9. The van der Waals surface area contributed by atoms with Crippen LogP contribution < -0.4 is 10.1 Å². The van der Waals surface area contributed by atoms with Crippen LogP contribution in [0.15, 0.2) is 54.7 Å². The van der Waals surface area contributed by atoms with E-state index in [1.165, 1.54) is 11.1 Å². The fourth-order valence-electron chi connectivity index (χ4n) is 2.93. The maximum Gasteiger partial charge on any atom is 0.414 e. The lowest BCUT2D eigenvalue weighted by atomic mass is 10.1. The second kappa shape index (κ2) is 12.9. The Kier molecular flexibility index (Phi) is 9.91. The van der Waals surface area contributed by atoms with E-state index in [0.29, 0.717) is 13.2 Å². The lowest BCUT2D eigenvalue weighted by Gasteiger charge is -2.13. The number of ether oxygens (including phenoxy) is 2. The van der Waals surface area contributed by atoms with Crippen molar-refractivity contribution in [2.75, 3.05) is 25.6 Å². The minimum absolute atomic E-state index is 0.625. The topological polar surface area (TPSA) is 123 Å². The summed E-state index contributed by atoms with van der Waals surface area (Å²) in [6.45, 7) is 6.83. The van der Waals surface area contributed by atoms with E-state index in [-0.39, 0.29) is 0 Å². The SMILES string of the molecule is CCOc1ccc(-c2cnc(NCc3ccc(C)cc3)n2CCOC)cc1.O=C(O)C(=O)O. The molecule has 0 fully saturated rings. The minimum atomic E-state index is -1.82. The number of aliphatic carboxylic acids is 2. The Morgan fingerprint density at radius 2 is 1.67 bits per heavy atom. The average molecular weight is 456 g/mol. The van der Waals surface area contributed by atoms with Crippen molar-refractivity contribution in [3.05, 3.63) is 65.9 Å². The lowest BCUT2D eigenvalue weighted by Crippen LogP contribution is -2.11. The Bertz CT molecular complexity index is 1020. The number of rotatable bonds is 9. The van der Waals surface area contributed by atoms with E-state index in [9.17, 15) is 0 Å². The van der Waals surface area contributed by atoms with Crippen molar-refractivity contribution in [1.29, 1.82) is 0 Å². The highest BCUT2D eigenvalue weighted by Gasteiger charge is 2.12. The standard InChI is InChI=1S/C22H27N3O2.C2H2O4/c1-4-27-20-11-9-19(10-12-20)21-16-24-22(25(21)13-14-26-3)23-15-18-7-5-17(2)6-8-18;3-1(4)2(5)6/h5-12,16H,4,13-15H2,1-3H3,(H,23,24);(H,3,4)(H,5,6). The average Bonchev–Trinajstić information content (AvgIpc) is 3.21. The smallest absolute Gasteiger partial charge is 0.414 e. The number of aryl methyl sites for hydroxylation is 1. The number of imidazole rings is 1. The largest absolute Gasteiger partial charge is 0.494 e. The second-order valence-corrected chi connectivity index (χ2v) is 7.02. The number of carboxylic acids is 2. The van der Waals surface area contributed by atoms with Gasteiger partial charge in [0.2, 0.25) is 5.95 Å². The summed E-state index contributed by atoms with van der Waals surface area (Å²) >= 11 is 0. The normalized spacial score (nSPS) is 10.2. The number of hydrogen-bond donors (Lipinski definition) is 3. The summed E-state index contributed by atoms with van der Waals surface area (Å²) < 4.78 is 13.0. The first-order valence-electron chi connectivity index (χ1n) is 10.4. The highest BCUT2D eigenvalue weighted by atomic mass is 16.5. The molecule has 33 heavy (non-hydrogen) atoms. The van der Waals surface area contributed by atoms with Gasteiger partial charge < -0.3 is 29.6 Å². The van der Waals surface area contributed by atoms with Gasteiger partial charge in [0.15, 0.2) is 0 Å². The fourth-order valence-corrected chi connectivity index (χ4v) is 2.93. The van der Waals surface area contributed by atoms with Crippen molar-refractivity contribution in [2.24, 2.45) is 0 Å². The number of anilines is 1. The molecule has 0 radical (unpaired) electrons. The third kappa shape index (κ3) is 7.97. The molecule has 3 rings (SSSR count). The van der Waals surface area contributed by atoms with Gasteiger partial charge >= 0.3 is 11.9 Å². The van der Waals surface area contributed by atoms with Gasteiger partial charge in [-0.05, 0) is 43.7 Å². The molecule has 3 N–H and O–H groups in total. The molecule has 0 aliphatic carbocycles. The summed E-state index contributed by atoms with van der Waals surface area (Å²) in [6.07, 6.45) is 1.91. The zero-order valence-electron chi connectivity index (χ0n) is 18.9. The predicted octanol–water partition coefficient (Wildman–Crippen LogP) is 3.67. The van der Waals surface area contributed by atoms with Gasteiger partial charge in [-0.1, -0.05) is 29.8 Å². The molecule has 0 aliphatic rings. The second-order valence-electron chi connectivity index (χ2n) is 7.02. The summed E-state index contributed by atoms with van der Waals surface area (Å²) in [7, 11) is 1.72. The first-order valence-corrected chi connectivity index (χ1v) is 10.4. The molecule has 9 nitrogen and oxygen atoms in total. The summed E-state index contributed by atoms with van der Waals surface area (Å²) in [6, 6.07) is 16.6. The third-order valence-corrected chi connectivity index (χ3v) is 4.59. The lowest BCUT2D eigenvalue weighted by molar-refractivity contribution is -0.159. The molecule has 0 spiro atoms. The molecule has 1 aromatic heterocycles. The molecular weight excluding hydrogens is 426 g/mol. The first-order chi connectivity index (χ1) is 15.8. The van der Waals surface area contributed by atoms with Crippen LogP contribution in [0, 0.1) is 6.92 Å². The van der Waals surface area contributed by atoms with E-state index in [1.54, 1.807) is 7.11 Å². The van der Waals surface area contributed by atoms with E-state index in [4.69, 9.17) is 29.3 Å². The molecule has 9 heteroatoms. The Morgan fingerprint density at radius 1 is 1.03 bits per heavy atom. The van der Waals surface area contributed by atoms with Crippen molar-refractivity contribution in [3.8, 4) is 17.0 Å². The first kappa shape index (κ1) is 25.4. The highest BCUT2D eigenvalue weighted by Crippen LogP contribution is 2.25. The quantitative estimate of drug-likeness (QED) is 0.418. The Morgan fingerprint density at radius 3 is 2.21 bits per heavy atom. The van der Waals surface area contributed by atoms with Crippen LogP contribution in [0.2, 0.25) is 0 Å². The Balaban J connectivity index is 0.000000569. The molecule has 0 unspecified atom stereocenters. The van der Waals surface area contributed by atoms with Gasteiger partial charge in [0.05, 0.1) is 25.1 Å². The molecule has 0 bridgehead atoms. The molecular formula is C24H29N3O6.